The predicted octanol–water partition coefficient (Wildman–Crippen LogP) is 3.90. The van der Waals surface area contributed by atoms with Crippen LogP contribution in [-0.4, -0.2) is 26.1 Å². The van der Waals surface area contributed by atoms with E-state index >= 15 is 0 Å². The van der Waals surface area contributed by atoms with Crippen molar-refractivity contribution >= 4 is 34.7 Å². The number of benzene rings is 1. The van der Waals surface area contributed by atoms with Crippen molar-refractivity contribution in [3.63, 3.8) is 0 Å². The Morgan fingerprint density at radius 1 is 1.04 bits per heavy atom. The molecule has 2 heterocycles. The van der Waals surface area contributed by atoms with Gasteiger partial charge in [0.1, 0.15) is 0 Å². The summed E-state index contributed by atoms with van der Waals surface area (Å²) in [7, 11) is 0. The number of H-pyrrole nitrogens is 1. The van der Waals surface area contributed by atoms with Gasteiger partial charge in [-0.2, -0.15) is 5.10 Å². The molecule has 0 saturated carbocycles. The monoisotopic (exact) mass is 365 g/mol. The number of carbonyl (C=O) groups is 1. The van der Waals surface area contributed by atoms with Gasteiger partial charge < -0.3 is 16.0 Å². The summed E-state index contributed by atoms with van der Waals surface area (Å²) in [6.45, 7) is 7.61. The van der Waals surface area contributed by atoms with E-state index in [2.05, 4.69) is 36.1 Å². The summed E-state index contributed by atoms with van der Waals surface area (Å²) in [5.74, 6) is 1.73. The topological polar surface area (TPSA) is 108 Å². The molecule has 4 N–H and O–H groups in total. The minimum Gasteiger partial charge on any atom is -0.339 e. The number of nitrogens with zero attached hydrogens (tertiary/aromatic N) is 3. The highest BCUT2D eigenvalue weighted by Gasteiger charge is 2.10. The number of hydrogen-bond acceptors (Lipinski definition) is 6. The van der Waals surface area contributed by atoms with Crippen molar-refractivity contribution in [2.75, 3.05) is 16.0 Å². The van der Waals surface area contributed by atoms with E-state index in [-0.39, 0.29) is 11.8 Å². The average molecular weight is 365 g/mol. The number of aromatic nitrogens is 4. The average Bonchev–Trinajstić information content (AvgIpc) is 3.03. The Morgan fingerprint density at radius 3 is 2.44 bits per heavy atom. The van der Waals surface area contributed by atoms with Crippen LogP contribution in [0.3, 0.4) is 0 Å². The third-order valence-electron chi connectivity index (χ3n) is 3.89. The molecule has 0 fully saturated rings. The van der Waals surface area contributed by atoms with Gasteiger partial charge in [0.15, 0.2) is 17.5 Å². The number of anilines is 5. The van der Waals surface area contributed by atoms with Gasteiger partial charge in [0.2, 0.25) is 5.91 Å². The zero-order chi connectivity index (χ0) is 19.4. The molecule has 0 spiro atoms. The third kappa shape index (κ3) is 4.81. The lowest BCUT2D eigenvalue weighted by Crippen LogP contribution is -2.18. The largest absolute Gasteiger partial charge is 0.339 e. The Labute approximate surface area is 157 Å². The zero-order valence-corrected chi connectivity index (χ0v) is 15.8. The summed E-state index contributed by atoms with van der Waals surface area (Å²) >= 11 is 0. The lowest BCUT2D eigenvalue weighted by molar-refractivity contribution is -0.118. The Kier molecular flexibility index (Phi) is 5.35. The smallest absolute Gasteiger partial charge is 0.226 e. The molecule has 2 aromatic heterocycles. The van der Waals surface area contributed by atoms with E-state index in [1.807, 2.05) is 52.0 Å². The molecule has 0 radical (unpaired) electrons. The molecular weight excluding hydrogens is 342 g/mol. The van der Waals surface area contributed by atoms with Crippen LogP contribution in [0.15, 0.2) is 36.7 Å². The van der Waals surface area contributed by atoms with E-state index in [1.165, 1.54) is 0 Å². The second kappa shape index (κ2) is 7.86. The molecule has 0 aliphatic carbocycles. The molecule has 27 heavy (non-hydrogen) atoms. The van der Waals surface area contributed by atoms with Gasteiger partial charge in [-0.05, 0) is 31.5 Å². The maximum atomic E-state index is 12.0. The van der Waals surface area contributed by atoms with Crippen molar-refractivity contribution in [2.24, 2.45) is 5.92 Å². The van der Waals surface area contributed by atoms with E-state index in [9.17, 15) is 4.79 Å². The summed E-state index contributed by atoms with van der Waals surface area (Å²) in [5, 5.41) is 16.2. The van der Waals surface area contributed by atoms with Gasteiger partial charge in [0.25, 0.3) is 0 Å². The Morgan fingerprint density at radius 2 is 1.78 bits per heavy atom. The number of carbonyl (C=O) groups excluding carboxylic acids is 1. The zero-order valence-electron chi connectivity index (χ0n) is 15.8. The van der Waals surface area contributed by atoms with Crippen molar-refractivity contribution < 1.29 is 4.79 Å². The fourth-order valence-electron chi connectivity index (χ4n) is 2.36. The van der Waals surface area contributed by atoms with Crippen LogP contribution in [0.25, 0.3) is 0 Å². The highest BCUT2D eigenvalue weighted by atomic mass is 16.1. The summed E-state index contributed by atoms with van der Waals surface area (Å²) in [5.41, 5.74) is 3.52. The third-order valence-corrected chi connectivity index (χ3v) is 3.89. The molecule has 8 heteroatoms. The molecule has 0 aliphatic rings. The quantitative estimate of drug-likeness (QED) is 0.528. The van der Waals surface area contributed by atoms with E-state index < -0.39 is 0 Å². The number of aryl methyl sites for hydroxylation is 2. The first-order chi connectivity index (χ1) is 12.9. The van der Waals surface area contributed by atoms with Crippen LogP contribution >= 0.6 is 0 Å². The molecule has 3 rings (SSSR count). The highest BCUT2D eigenvalue weighted by molar-refractivity contribution is 5.93. The van der Waals surface area contributed by atoms with Crippen LogP contribution in [0.1, 0.15) is 25.1 Å². The molecule has 0 aliphatic heterocycles. The van der Waals surface area contributed by atoms with E-state index in [0.717, 1.165) is 22.6 Å². The number of amides is 1. The van der Waals surface area contributed by atoms with Crippen molar-refractivity contribution in [1.82, 2.24) is 20.2 Å². The van der Waals surface area contributed by atoms with Gasteiger partial charge in [-0.25, -0.2) is 4.98 Å². The van der Waals surface area contributed by atoms with Crippen LogP contribution in [0.5, 0.6) is 0 Å². The molecule has 1 aromatic carbocycles. The van der Waals surface area contributed by atoms with Crippen molar-refractivity contribution in [3.8, 4) is 0 Å². The lowest BCUT2D eigenvalue weighted by atomic mass is 10.1. The Hall–Kier alpha value is -3.42. The van der Waals surface area contributed by atoms with E-state index in [4.69, 9.17) is 0 Å². The fourth-order valence-corrected chi connectivity index (χ4v) is 2.36. The van der Waals surface area contributed by atoms with E-state index in [1.54, 1.807) is 12.4 Å². The van der Waals surface area contributed by atoms with Crippen molar-refractivity contribution in [1.29, 1.82) is 0 Å². The minimum absolute atomic E-state index is 0.0180. The molecule has 8 nitrogen and oxygen atoms in total. The maximum Gasteiger partial charge on any atom is 0.226 e. The first-order valence-corrected chi connectivity index (χ1v) is 8.70. The SMILES string of the molecule is Cc1cc(Nc2cncc(Nc3ccc(C)c(NC(=O)C(C)C)c3)n2)n[nH]1. The molecular formula is C19H23N7O. The van der Waals surface area contributed by atoms with Gasteiger partial charge in [0, 0.05) is 29.1 Å². The van der Waals surface area contributed by atoms with Gasteiger partial charge in [-0.3, -0.25) is 14.9 Å². The first-order valence-electron chi connectivity index (χ1n) is 8.70. The van der Waals surface area contributed by atoms with Gasteiger partial charge in [-0.15, -0.1) is 0 Å². The molecule has 0 unspecified atom stereocenters. The van der Waals surface area contributed by atoms with Gasteiger partial charge in [0.05, 0.1) is 12.4 Å². The number of hydrogen-bond donors (Lipinski definition) is 4. The Balaban J connectivity index is 1.75. The number of nitrogens with one attached hydrogen (secondary N) is 4. The maximum absolute atomic E-state index is 12.0. The minimum atomic E-state index is -0.0830. The summed E-state index contributed by atoms with van der Waals surface area (Å²) in [6.07, 6.45) is 3.26. The van der Waals surface area contributed by atoms with Crippen molar-refractivity contribution in [3.05, 3.63) is 47.9 Å². The predicted molar refractivity (Wildman–Crippen MR) is 107 cm³/mol. The molecule has 0 saturated heterocycles. The van der Waals surface area contributed by atoms with Gasteiger partial charge in [-0.1, -0.05) is 19.9 Å². The highest BCUT2D eigenvalue weighted by Crippen LogP contribution is 2.24. The van der Waals surface area contributed by atoms with Crippen LogP contribution in [0.4, 0.5) is 28.8 Å². The van der Waals surface area contributed by atoms with Crippen LogP contribution < -0.4 is 16.0 Å². The second-order valence-electron chi connectivity index (χ2n) is 6.65. The standard InChI is InChI=1S/C19H23N7O/c1-11(2)19(27)22-15-8-14(6-5-12(15)3)21-17-9-20-10-18(24-17)23-16-7-13(4)25-26-16/h5-11H,1-4H3,(H,22,27)(H3,21,23,24,25,26). The summed E-state index contributed by atoms with van der Waals surface area (Å²) < 4.78 is 0. The Bertz CT molecular complexity index is 949. The lowest BCUT2D eigenvalue weighted by Gasteiger charge is -2.13. The second-order valence-corrected chi connectivity index (χ2v) is 6.65. The summed E-state index contributed by atoms with van der Waals surface area (Å²) in [6, 6.07) is 7.64. The number of rotatable bonds is 6. The van der Waals surface area contributed by atoms with Gasteiger partial charge >= 0.3 is 0 Å². The molecule has 3 aromatic rings. The number of aromatic amines is 1. The molecule has 140 valence electrons. The van der Waals surface area contributed by atoms with Crippen molar-refractivity contribution in [2.45, 2.75) is 27.7 Å². The molecule has 1 amide bonds. The fraction of sp³-hybridized carbons (Fsp3) is 0.263. The summed E-state index contributed by atoms with van der Waals surface area (Å²) in [4.78, 5) is 20.7. The molecule has 0 bridgehead atoms. The normalized spacial score (nSPS) is 10.7. The molecule has 0 atom stereocenters. The van der Waals surface area contributed by atoms with Crippen LogP contribution in [0, 0.1) is 19.8 Å². The van der Waals surface area contributed by atoms with Crippen LogP contribution in [0.2, 0.25) is 0 Å². The van der Waals surface area contributed by atoms with Crippen LogP contribution in [-0.2, 0) is 4.79 Å². The van der Waals surface area contributed by atoms with E-state index in [0.29, 0.717) is 17.5 Å². The first kappa shape index (κ1) is 18.4.